The minimum absolute atomic E-state index is 0.175. The Morgan fingerprint density at radius 2 is 1.13 bits per heavy atom. The SMILES string of the molecule is O=C1C(=Cc2ccccc2C(F)(F)F)CN(C(=O)c2ccc(Cl)cc2)CC1=Cc1ccccc1C(F)(F)F. The van der Waals surface area contributed by atoms with Crippen molar-refractivity contribution in [2.75, 3.05) is 13.1 Å². The van der Waals surface area contributed by atoms with Crippen LogP contribution in [0.25, 0.3) is 12.2 Å². The molecule has 1 aliphatic heterocycles. The van der Waals surface area contributed by atoms with Gasteiger partial charge < -0.3 is 4.90 Å². The topological polar surface area (TPSA) is 37.4 Å². The number of rotatable bonds is 3. The Hall–Kier alpha value is -3.85. The third-order valence-corrected chi connectivity index (χ3v) is 6.13. The monoisotopic (exact) mass is 549 g/mol. The van der Waals surface area contributed by atoms with Gasteiger partial charge in [0.25, 0.3) is 5.91 Å². The Morgan fingerprint density at radius 1 is 0.711 bits per heavy atom. The molecule has 3 aromatic carbocycles. The van der Waals surface area contributed by atoms with E-state index in [1.165, 1.54) is 65.6 Å². The number of halogens is 7. The Labute approximate surface area is 218 Å². The quantitative estimate of drug-likeness (QED) is 0.250. The first kappa shape index (κ1) is 27.2. The Kier molecular flexibility index (Phi) is 7.51. The van der Waals surface area contributed by atoms with E-state index in [2.05, 4.69) is 0 Å². The summed E-state index contributed by atoms with van der Waals surface area (Å²) >= 11 is 5.88. The van der Waals surface area contributed by atoms with Crippen LogP contribution in [0.1, 0.15) is 32.6 Å². The highest BCUT2D eigenvalue weighted by molar-refractivity contribution is 6.30. The second kappa shape index (κ2) is 10.5. The van der Waals surface area contributed by atoms with Crippen molar-refractivity contribution >= 4 is 35.4 Å². The fourth-order valence-electron chi connectivity index (χ4n) is 4.10. The lowest BCUT2D eigenvalue weighted by molar-refractivity contribution is -0.138. The van der Waals surface area contributed by atoms with Gasteiger partial charge in [-0.1, -0.05) is 48.0 Å². The molecule has 0 bridgehead atoms. The number of likely N-dealkylation sites (tertiary alicyclic amines) is 1. The van der Waals surface area contributed by atoms with Crippen LogP contribution in [0.15, 0.2) is 83.9 Å². The number of ketones is 1. The molecule has 1 saturated heterocycles. The van der Waals surface area contributed by atoms with Crippen molar-refractivity contribution in [3.63, 3.8) is 0 Å². The number of hydrogen-bond acceptors (Lipinski definition) is 2. The molecule has 1 fully saturated rings. The van der Waals surface area contributed by atoms with E-state index >= 15 is 0 Å². The zero-order valence-electron chi connectivity index (χ0n) is 19.4. The molecule has 4 rings (SSSR count). The molecule has 0 aromatic heterocycles. The summed E-state index contributed by atoms with van der Waals surface area (Å²) < 4.78 is 81.4. The Morgan fingerprint density at radius 3 is 1.55 bits per heavy atom. The van der Waals surface area contributed by atoms with Crippen LogP contribution in [-0.4, -0.2) is 29.7 Å². The van der Waals surface area contributed by atoms with Crippen LogP contribution in [0.2, 0.25) is 5.02 Å². The summed E-state index contributed by atoms with van der Waals surface area (Å²) in [4.78, 5) is 27.8. The standard InChI is InChI=1S/C28H18ClF6NO2/c29-22-11-9-17(10-12-22)26(38)36-15-20(13-18-5-1-3-7-23(18)27(30,31)32)25(37)21(16-36)14-19-6-2-4-8-24(19)28(33,34)35/h1-14H,15-16H2. The third-order valence-electron chi connectivity index (χ3n) is 5.88. The van der Waals surface area contributed by atoms with E-state index in [4.69, 9.17) is 11.6 Å². The minimum Gasteiger partial charge on any atom is -0.330 e. The lowest BCUT2D eigenvalue weighted by atomic mass is 9.92. The lowest BCUT2D eigenvalue weighted by Gasteiger charge is -2.30. The molecule has 1 aliphatic rings. The predicted molar refractivity (Wildman–Crippen MR) is 131 cm³/mol. The molecule has 0 saturated carbocycles. The molecule has 0 aliphatic carbocycles. The van der Waals surface area contributed by atoms with Crippen molar-refractivity contribution in [2.24, 2.45) is 0 Å². The van der Waals surface area contributed by atoms with Gasteiger partial charge >= 0.3 is 12.4 Å². The van der Waals surface area contributed by atoms with Crippen LogP contribution in [0.4, 0.5) is 26.3 Å². The summed E-state index contributed by atoms with van der Waals surface area (Å²) in [5.74, 6) is -1.32. The van der Waals surface area contributed by atoms with Crippen LogP contribution < -0.4 is 0 Å². The molecule has 38 heavy (non-hydrogen) atoms. The van der Waals surface area contributed by atoms with Gasteiger partial charge in [0.15, 0.2) is 5.78 Å². The van der Waals surface area contributed by atoms with Crippen molar-refractivity contribution < 1.29 is 35.9 Å². The van der Waals surface area contributed by atoms with E-state index in [-0.39, 0.29) is 40.9 Å². The maximum Gasteiger partial charge on any atom is 0.416 e. The molecule has 10 heteroatoms. The molecule has 0 radical (unpaired) electrons. The van der Waals surface area contributed by atoms with Crippen molar-refractivity contribution in [1.29, 1.82) is 0 Å². The summed E-state index contributed by atoms with van der Waals surface area (Å²) in [6.45, 7) is -0.685. The number of nitrogens with zero attached hydrogens (tertiary/aromatic N) is 1. The summed E-state index contributed by atoms with van der Waals surface area (Å²) in [5, 5.41) is 0.365. The van der Waals surface area contributed by atoms with E-state index in [0.717, 1.165) is 24.3 Å². The average Bonchev–Trinajstić information content (AvgIpc) is 2.86. The molecule has 1 amide bonds. The highest BCUT2D eigenvalue weighted by Gasteiger charge is 2.36. The molecule has 0 N–H and O–H groups in total. The molecule has 196 valence electrons. The van der Waals surface area contributed by atoms with Crippen molar-refractivity contribution in [3.8, 4) is 0 Å². The Balaban J connectivity index is 1.83. The van der Waals surface area contributed by atoms with Gasteiger partial charge in [0.2, 0.25) is 0 Å². The van der Waals surface area contributed by atoms with Crippen molar-refractivity contribution in [2.45, 2.75) is 12.4 Å². The molecule has 3 aromatic rings. The molecule has 0 atom stereocenters. The number of piperidine rings is 1. The third kappa shape index (κ3) is 5.99. The summed E-state index contributed by atoms with van der Waals surface area (Å²) in [5.41, 5.74) is -2.76. The normalized spacial score (nSPS) is 16.8. The highest BCUT2D eigenvalue weighted by Crippen LogP contribution is 2.35. The number of carbonyl (C=O) groups excluding carboxylic acids is 2. The Bertz CT molecular complexity index is 1360. The highest BCUT2D eigenvalue weighted by atomic mass is 35.5. The number of benzene rings is 3. The number of amides is 1. The van der Waals surface area contributed by atoms with Gasteiger partial charge in [-0.2, -0.15) is 26.3 Å². The van der Waals surface area contributed by atoms with Gasteiger partial charge in [0.05, 0.1) is 24.2 Å². The number of hydrogen-bond donors (Lipinski definition) is 0. The van der Waals surface area contributed by atoms with E-state index < -0.39 is 35.2 Å². The van der Waals surface area contributed by atoms with Crippen LogP contribution in [0.3, 0.4) is 0 Å². The number of Topliss-reactive ketones (excluding diaryl/α,β-unsaturated/α-hetero) is 1. The van der Waals surface area contributed by atoms with Gasteiger partial charge in [0.1, 0.15) is 0 Å². The molecular formula is C28H18ClF6NO2. The molecule has 3 nitrogen and oxygen atoms in total. The zero-order valence-corrected chi connectivity index (χ0v) is 20.2. The average molecular weight is 550 g/mol. The van der Waals surface area contributed by atoms with Gasteiger partial charge in [0, 0.05) is 21.7 Å². The van der Waals surface area contributed by atoms with E-state index in [0.29, 0.717) is 5.02 Å². The van der Waals surface area contributed by atoms with Crippen LogP contribution in [0.5, 0.6) is 0 Å². The van der Waals surface area contributed by atoms with E-state index in [1.54, 1.807) is 0 Å². The van der Waals surface area contributed by atoms with Gasteiger partial charge in [-0.25, -0.2) is 0 Å². The maximum absolute atomic E-state index is 13.6. The number of alkyl halides is 6. The predicted octanol–water partition coefficient (Wildman–Crippen LogP) is 7.57. The lowest BCUT2D eigenvalue weighted by Crippen LogP contribution is -2.41. The smallest absolute Gasteiger partial charge is 0.330 e. The first-order valence-corrected chi connectivity index (χ1v) is 11.6. The summed E-state index contributed by atoms with van der Waals surface area (Å²) in [6, 6.07) is 15.0. The largest absolute Gasteiger partial charge is 0.416 e. The zero-order chi connectivity index (χ0) is 27.7. The van der Waals surface area contributed by atoms with E-state index in [1.807, 2.05) is 0 Å². The number of carbonyl (C=O) groups is 2. The first-order chi connectivity index (χ1) is 17.8. The molecule has 1 heterocycles. The van der Waals surface area contributed by atoms with Crippen LogP contribution >= 0.6 is 11.6 Å². The maximum atomic E-state index is 13.6. The molecular weight excluding hydrogens is 532 g/mol. The van der Waals surface area contributed by atoms with Crippen LogP contribution in [0, 0.1) is 0 Å². The van der Waals surface area contributed by atoms with Gasteiger partial charge in [-0.05, 0) is 59.7 Å². The fourth-order valence-corrected chi connectivity index (χ4v) is 4.22. The fraction of sp³-hybridized carbons (Fsp3) is 0.143. The first-order valence-electron chi connectivity index (χ1n) is 11.2. The second-order valence-electron chi connectivity index (χ2n) is 8.51. The molecule has 0 spiro atoms. The van der Waals surface area contributed by atoms with Crippen molar-refractivity contribution in [3.05, 3.63) is 117 Å². The van der Waals surface area contributed by atoms with Gasteiger partial charge in [-0.15, -0.1) is 0 Å². The second-order valence-corrected chi connectivity index (χ2v) is 8.94. The van der Waals surface area contributed by atoms with Crippen LogP contribution in [-0.2, 0) is 17.1 Å². The summed E-state index contributed by atoms with van der Waals surface area (Å²) in [6.07, 6.45) is -7.38. The van der Waals surface area contributed by atoms with E-state index in [9.17, 15) is 35.9 Å². The van der Waals surface area contributed by atoms with Crippen molar-refractivity contribution in [1.82, 2.24) is 4.90 Å². The molecule has 0 unspecified atom stereocenters. The summed E-state index contributed by atoms with van der Waals surface area (Å²) in [7, 11) is 0. The minimum atomic E-state index is -4.71. The van der Waals surface area contributed by atoms with Gasteiger partial charge in [-0.3, -0.25) is 9.59 Å².